The molecule has 0 radical (unpaired) electrons. The van der Waals surface area contributed by atoms with Gasteiger partial charge >= 0.3 is 0 Å². The number of carbonyl (C=O) groups is 1. The highest BCUT2D eigenvalue weighted by molar-refractivity contribution is 7.98. The molecule has 0 N–H and O–H groups in total. The lowest BCUT2D eigenvalue weighted by atomic mass is 10.3. The number of aromatic nitrogens is 5. The molecular weight excluding hydrogens is 468 g/mol. The molecule has 4 rings (SSSR count). The highest BCUT2D eigenvalue weighted by atomic mass is 35.5. The minimum absolute atomic E-state index is 0.141. The molecule has 8 nitrogen and oxygen atoms in total. The molecule has 164 valence electrons. The second-order valence-electron chi connectivity index (χ2n) is 6.52. The average molecular weight is 487 g/mol. The van der Waals surface area contributed by atoms with E-state index in [1.54, 1.807) is 27.8 Å². The van der Waals surface area contributed by atoms with Crippen LogP contribution < -0.4 is 9.64 Å². The van der Waals surface area contributed by atoms with E-state index in [-0.39, 0.29) is 5.91 Å². The zero-order valence-corrected chi connectivity index (χ0v) is 19.7. The maximum atomic E-state index is 12.3. The summed E-state index contributed by atoms with van der Waals surface area (Å²) in [4.78, 5) is 18.5. The molecule has 2 heterocycles. The first-order chi connectivity index (χ1) is 15.6. The van der Waals surface area contributed by atoms with Crippen LogP contribution in [0.4, 0.5) is 10.8 Å². The topological polar surface area (TPSA) is 86.0 Å². The van der Waals surface area contributed by atoms with Crippen molar-refractivity contribution in [2.24, 2.45) is 0 Å². The molecule has 0 atom stereocenters. The van der Waals surface area contributed by atoms with E-state index < -0.39 is 0 Å². The van der Waals surface area contributed by atoms with Gasteiger partial charge in [0.05, 0.1) is 18.0 Å². The third kappa shape index (κ3) is 4.93. The van der Waals surface area contributed by atoms with E-state index >= 15 is 0 Å². The SMILES string of the molecule is CCOc1ccccc1-n1nnnc1SCc1csc(N(C(C)=O)c2cccc(Cl)c2)n1. The third-order valence-corrected chi connectivity index (χ3v) is 6.36. The van der Waals surface area contributed by atoms with Gasteiger partial charge in [0.2, 0.25) is 11.1 Å². The Bertz CT molecular complexity index is 1230. The highest BCUT2D eigenvalue weighted by Crippen LogP contribution is 2.33. The number of hydrogen-bond donors (Lipinski definition) is 0. The van der Waals surface area contributed by atoms with Crippen LogP contribution in [0.3, 0.4) is 0 Å². The predicted octanol–water partition coefficient (Wildman–Crippen LogP) is 5.15. The number of amides is 1. The van der Waals surface area contributed by atoms with Gasteiger partial charge in [0.1, 0.15) is 11.4 Å². The molecule has 11 heteroatoms. The van der Waals surface area contributed by atoms with E-state index in [1.165, 1.54) is 30.0 Å². The number of ether oxygens (including phenoxy) is 1. The number of anilines is 2. The van der Waals surface area contributed by atoms with Crippen molar-refractivity contribution in [2.75, 3.05) is 11.5 Å². The van der Waals surface area contributed by atoms with Crippen LogP contribution in [-0.2, 0) is 10.5 Å². The molecule has 0 saturated carbocycles. The summed E-state index contributed by atoms with van der Waals surface area (Å²) in [6.07, 6.45) is 0. The molecule has 32 heavy (non-hydrogen) atoms. The van der Waals surface area contributed by atoms with Gasteiger partial charge in [-0.1, -0.05) is 41.6 Å². The Morgan fingerprint density at radius 1 is 1.25 bits per heavy atom. The predicted molar refractivity (Wildman–Crippen MR) is 126 cm³/mol. The maximum Gasteiger partial charge on any atom is 0.230 e. The number of hydrogen-bond acceptors (Lipinski definition) is 8. The number of rotatable bonds is 8. The van der Waals surface area contributed by atoms with Gasteiger partial charge in [0.15, 0.2) is 5.13 Å². The van der Waals surface area contributed by atoms with Gasteiger partial charge in [0.25, 0.3) is 0 Å². The molecular formula is C21H19ClN6O2S2. The molecule has 0 fully saturated rings. The van der Waals surface area contributed by atoms with Crippen molar-refractivity contribution < 1.29 is 9.53 Å². The van der Waals surface area contributed by atoms with Crippen LogP contribution in [0.1, 0.15) is 19.5 Å². The van der Waals surface area contributed by atoms with Crippen molar-refractivity contribution in [2.45, 2.75) is 24.8 Å². The Labute approximate surface area is 198 Å². The molecule has 0 aliphatic rings. The lowest BCUT2D eigenvalue weighted by Crippen LogP contribution is -2.22. The number of halogens is 1. The number of nitrogens with zero attached hydrogens (tertiary/aromatic N) is 6. The van der Waals surface area contributed by atoms with Gasteiger partial charge in [-0.25, -0.2) is 4.98 Å². The van der Waals surface area contributed by atoms with Gasteiger partial charge in [-0.3, -0.25) is 9.69 Å². The van der Waals surface area contributed by atoms with Crippen LogP contribution in [-0.4, -0.2) is 37.7 Å². The van der Waals surface area contributed by atoms with E-state index in [9.17, 15) is 4.79 Å². The van der Waals surface area contributed by atoms with Crippen LogP contribution >= 0.6 is 34.7 Å². The van der Waals surface area contributed by atoms with Gasteiger partial charge in [-0.2, -0.15) is 4.68 Å². The van der Waals surface area contributed by atoms with Crippen molar-refractivity contribution in [3.8, 4) is 11.4 Å². The Morgan fingerprint density at radius 3 is 2.88 bits per heavy atom. The first kappa shape index (κ1) is 22.3. The summed E-state index contributed by atoms with van der Waals surface area (Å²) in [5.74, 6) is 1.10. The van der Waals surface area contributed by atoms with Gasteiger partial charge in [-0.05, 0) is 47.7 Å². The highest BCUT2D eigenvalue weighted by Gasteiger charge is 2.19. The summed E-state index contributed by atoms with van der Waals surface area (Å²) in [6, 6.07) is 14.7. The van der Waals surface area contributed by atoms with Crippen molar-refractivity contribution in [1.29, 1.82) is 0 Å². The summed E-state index contributed by atoms with van der Waals surface area (Å²) >= 11 is 8.94. The fourth-order valence-electron chi connectivity index (χ4n) is 2.98. The van der Waals surface area contributed by atoms with Crippen molar-refractivity contribution in [3.63, 3.8) is 0 Å². The van der Waals surface area contributed by atoms with E-state index in [4.69, 9.17) is 16.3 Å². The second-order valence-corrected chi connectivity index (χ2v) is 8.73. The number of benzene rings is 2. The normalized spacial score (nSPS) is 10.8. The monoisotopic (exact) mass is 486 g/mol. The third-order valence-electron chi connectivity index (χ3n) is 4.30. The largest absolute Gasteiger partial charge is 0.492 e. The fourth-order valence-corrected chi connectivity index (χ4v) is 4.93. The summed E-state index contributed by atoms with van der Waals surface area (Å²) in [5, 5.41) is 15.8. The van der Waals surface area contributed by atoms with Crippen LogP contribution in [0.5, 0.6) is 5.75 Å². The Balaban J connectivity index is 1.53. The number of thiazole rings is 1. The lowest BCUT2D eigenvalue weighted by molar-refractivity contribution is -0.115. The van der Waals surface area contributed by atoms with Crippen molar-refractivity contribution in [3.05, 3.63) is 64.6 Å². The summed E-state index contributed by atoms with van der Waals surface area (Å²) in [7, 11) is 0. The molecule has 1 amide bonds. The minimum atomic E-state index is -0.141. The van der Waals surface area contributed by atoms with Crippen molar-refractivity contribution >= 4 is 51.4 Å². The van der Waals surface area contributed by atoms with Gasteiger partial charge in [-0.15, -0.1) is 16.4 Å². The smallest absolute Gasteiger partial charge is 0.230 e. The van der Waals surface area contributed by atoms with E-state index in [2.05, 4.69) is 20.5 Å². The molecule has 0 bridgehead atoms. The molecule has 4 aromatic rings. The number of para-hydroxylation sites is 2. The van der Waals surface area contributed by atoms with Gasteiger partial charge in [0, 0.05) is 23.1 Å². The van der Waals surface area contributed by atoms with E-state index in [1.807, 2.05) is 42.6 Å². The number of carbonyl (C=O) groups excluding carboxylic acids is 1. The molecule has 0 saturated heterocycles. The van der Waals surface area contributed by atoms with Crippen molar-refractivity contribution in [1.82, 2.24) is 25.2 Å². The first-order valence-corrected chi connectivity index (χ1v) is 11.9. The summed E-state index contributed by atoms with van der Waals surface area (Å²) < 4.78 is 7.35. The number of thioether (sulfide) groups is 1. The Morgan fingerprint density at radius 2 is 2.09 bits per heavy atom. The molecule has 0 unspecified atom stereocenters. The summed E-state index contributed by atoms with van der Waals surface area (Å²) in [5.41, 5.74) is 2.26. The standard InChI is InChI=1S/C21H19ClN6O2S2/c1-3-30-19-10-5-4-9-18(19)28-21(24-25-26-28)32-13-16-12-31-20(23-16)27(14(2)29)17-8-6-7-15(22)11-17/h4-12H,3,13H2,1-2H3. The van der Waals surface area contributed by atoms with Crippen LogP contribution in [0.25, 0.3) is 5.69 Å². The van der Waals surface area contributed by atoms with E-state index in [0.29, 0.717) is 39.1 Å². The molecule has 2 aromatic heterocycles. The Kier molecular flexibility index (Phi) is 7.03. The van der Waals surface area contributed by atoms with Crippen LogP contribution in [0.2, 0.25) is 5.02 Å². The second kappa shape index (κ2) is 10.1. The zero-order valence-electron chi connectivity index (χ0n) is 17.3. The molecule has 0 aliphatic carbocycles. The van der Waals surface area contributed by atoms with Crippen LogP contribution in [0, 0.1) is 0 Å². The minimum Gasteiger partial charge on any atom is -0.492 e. The fraction of sp³-hybridized carbons (Fsp3) is 0.190. The van der Waals surface area contributed by atoms with Crippen LogP contribution in [0.15, 0.2) is 59.1 Å². The lowest BCUT2D eigenvalue weighted by Gasteiger charge is -2.18. The molecule has 0 aliphatic heterocycles. The molecule has 2 aromatic carbocycles. The molecule has 0 spiro atoms. The maximum absolute atomic E-state index is 12.3. The quantitative estimate of drug-likeness (QED) is 0.318. The van der Waals surface area contributed by atoms with Gasteiger partial charge < -0.3 is 4.74 Å². The average Bonchev–Trinajstić information content (AvgIpc) is 3.42. The first-order valence-electron chi connectivity index (χ1n) is 9.71. The number of tetrazole rings is 1. The zero-order chi connectivity index (χ0) is 22.5. The Hall–Kier alpha value is -2.95. The van der Waals surface area contributed by atoms with E-state index in [0.717, 1.165) is 11.4 Å². The summed E-state index contributed by atoms with van der Waals surface area (Å²) in [6.45, 7) is 3.97.